The van der Waals surface area contributed by atoms with Gasteiger partial charge in [0.15, 0.2) is 0 Å². The Bertz CT molecular complexity index is 1250. The summed E-state index contributed by atoms with van der Waals surface area (Å²) in [5.41, 5.74) is 4.40. The molecule has 0 saturated carbocycles. The van der Waals surface area contributed by atoms with Crippen molar-refractivity contribution in [3.05, 3.63) is 98.2 Å². The molecule has 0 aliphatic heterocycles. The van der Waals surface area contributed by atoms with Crippen LogP contribution in [0.5, 0.6) is 5.75 Å². The van der Waals surface area contributed by atoms with Crippen molar-refractivity contribution in [2.75, 3.05) is 5.32 Å². The Morgan fingerprint density at radius 3 is 2.75 bits per heavy atom. The molecular weight excluding hydrogens is 449 g/mol. The minimum absolute atomic E-state index is 0.215. The van der Waals surface area contributed by atoms with Gasteiger partial charge in [-0.1, -0.05) is 35.9 Å². The summed E-state index contributed by atoms with van der Waals surface area (Å²) in [6.07, 6.45) is 3.27. The van der Waals surface area contributed by atoms with Gasteiger partial charge in [-0.15, -0.1) is 11.3 Å². The molecule has 0 aliphatic carbocycles. The fourth-order valence-corrected chi connectivity index (χ4v) is 4.30. The number of halogens is 2. The molecule has 0 spiro atoms. The zero-order valence-electron chi connectivity index (χ0n) is 17.6. The van der Waals surface area contributed by atoms with Gasteiger partial charge in [0.25, 0.3) is 5.91 Å². The second-order valence-corrected chi connectivity index (χ2v) is 8.76. The van der Waals surface area contributed by atoms with Crippen molar-refractivity contribution in [2.45, 2.75) is 27.0 Å². The number of hydrogen-bond donors (Lipinski definition) is 1. The normalized spacial score (nSPS) is 10.9. The maximum Gasteiger partial charge on any atom is 0.265 e. The number of benzene rings is 2. The van der Waals surface area contributed by atoms with Gasteiger partial charge < -0.3 is 10.1 Å². The first-order chi connectivity index (χ1) is 15.4. The summed E-state index contributed by atoms with van der Waals surface area (Å²) >= 11 is 7.44. The number of ether oxygens (including phenoxy) is 1. The van der Waals surface area contributed by atoms with E-state index in [1.54, 1.807) is 23.1 Å². The molecule has 0 atom stereocenters. The van der Waals surface area contributed by atoms with Crippen molar-refractivity contribution in [1.29, 1.82) is 0 Å². The van der Waals surface area contributed by atoms with Crippen LogP contribution in [-0.4, -0.2) is 15.7 Å². The Morgan fingerprint density at radius 2 is 2.00 bits per heavy atom. The standard InChI is InChI=1S/C24H21ClFN3O2S/c1-15-4-3-5-16(2)23(15)31-13-17-8-22(32-14-17)24(30)28-20-10-27-29(12-20)11-18-6-7-19(26)9-21(18)25/h3-10,12,14H,11,13H2,1-2H3,(H,28,30). The molecule has 0 unspecified atom stereocenters. The Hall–Kier alpha value is -3.16. The van der Waals surface area contributed by atoms with Gasteiger partial charge in [-0.05, 0) is 54.1 Å². The third-order valence-electron chi connectivity index (χ3n) is 4.91. The van der Waals surface area contributed by atoms with Crippen molar-refractivity contribution >= 4 is 34.5 Å². The molecule has 0 saturated heterocycles. The van der Waals surface area contributed by atoms with Crippen LogP contribution >= 0.6 is 22.9 Å². The Morgan fingerprint density at radius 1 is 1.22 bits per heavy atom. The average molecular weight is 470 g/mol. The third-order valence-corrected chi connectivity index (χ3v) is 6.24. The number of nitrogens with zero attached hydrogens (tertiary/aromatic N) is 2. The molecule has 2 aromatic carbocycles. The summed E-state index contributed by atoms with van der Waals surface area (Å²) < 4.78 is 20.8. The number of hydrogen-bond acceptors (Lipinski definition) is 4. The molecule has 2 aromatic heterocycles. The van der Waals surface area contributed by atoms with E-state index in [9.17, 15) is 9.18 Å². The van der Waals surface area contributed by atoms with Crippen molar-refractivity contribution in [3.63, 3.8) is 0 Å². The van der Waals surface area contributed by atoms with Gasteiger partial charge in [0.05, 0.1) is 23.3 Å². The number of aryl methyl sites for hydroxylation is 2. The lowest BCUT2D eigenvalue weighted by molar-refractivity contribution is 0.103. The Kier molecular flexibility index (Phi) is 6.58. The number of carbonyl (C=O) groups excluding carboxylic acids is 1. The van der Waals surface area contributed by atoms with Gasteiger partial charge in [-0.2, -0.15) is 5.10 Å². The van der Waals surface area contributed by atoms with Gasteiger partial charge in [0.2, 0.25) is 0 Å². The van der Waals surface area contributed by atoms with Crippen LogP contribution in [0.4, 0.5) is 10.1 Å². The summed E-state index contributed by atoms with van der Waals surface area (Å²) in [6.45, 7) is 4.79. The molecule has 0 bridgehead atoms. The maximum atomic E-state index is 13.2. The number of carbonyl (C=O) groups is 1. The lowest BCUT2D eigenvalue weighted by Crippen LogP contribution is -2.09. The number of aromatic nitrogens is 2. The Labute approximate surface area is 194 Å². The SMILES string of the molecule is Cc1cccc(C)c1OCc1csc(C(=O)Nc2cnn(Cc3ccc(F)cc3Cl)c2)c1. The topological polar surface area (TPSA) is 56.1 Å². The summed E-state index contributed by atoms with van der Waals surface area (Å²) in [6, 6.07) is 12.1. The molecule has 1 N–H and O–H groups in total. The molecule has 1 amide bonds. The van der Waals surface area contributed by atoms with E-state index in [1.165, 1.54) is 23.5 Å². The fourth-order valence-electron chi connectivity index (χ4n) is 3.28. The summed E-state index contributed by atoms with van der Waals surface area (Å²) in [4.78, 5) is 13.2. The largest absolute Gasteiger partial charge is 0.488 e. The zero-order chi connectivity index (χ0) is 22.7. The molecule has 4 rings (SSSR count). The number of nitrogens with one attached hydrogen (secondary N) is 1. The van der Waals surface area contributed by atoms with Crippen molar-refractivity contribution in [3.8, 4) is 5.75 Å². The first kappa shape index (κ1) is 22.0. The van der Waals surface area contributed by atoms with Crippen molar-refractivity contribution < 1.29 is 13.9 Å². The summed E-state index contributed by atoms with van der Waals surface area (Å²) in [7, 11) is 0. The third kappa shape index (κ3) is 5.18. The molecule has 0 fully saturated rings. The van der Waals surface area contributed by atoms with Crippen LogP contribution < -0.4 is 10.1 Å². The summed E-state index contributed by atoms with van der Waals surface area (Å²) in [5, 5.41) is 9.34. The minimum Gasteiger partial charge on any atom is -0.488 e. The molecule has 0 radical (unpaired) electrons. The Balaban J connectivity index is 1.36. The van der Waals surface area contributed by atoms with Crippen LogP contribution in [0.25, 0.3) is 0 Å². The monoisotopic (exact) mass is 469 g/mol. The highest BCUT2D eigenvalue weighted by atomic mass is 35.5. The lowest BCUT2D eigenvalue weighted by atomic mass is 10.1. The van der Waals surface area contributed by atoms with Crippen molar-refractivity contribution in [2.24, 2.45) is 0 Å². The van der Waals surface area contributed by atoms with E-state index in [0.29, 0.717) is 28.7 Å². The van der Waals surface area contributed by atoms with Gasteiger partial charge in [-0.25, -0.2) is 4.39 Å². The molecule has 8 heteroatoms. The molecular formula is C24H21ClFN3O2S. The van der Waals surface area contributed by atoms with Crippen LogP contribution in [0.2, 0.25) is 5.02 Å². The average Bonchev–Trinajstić information content (AvgIpc) is 3.39. The van der Waals surface area contributed by atoms with E-state index in [1.807, 2.05) is 43.5 Å². The zero-order valence-corrected chi connectivity index (χ0v) is 19.1. The number of rotatable bonds is 7. The highest BCUT2D eigenvalue weighted by Crippen LogP contribution is 2.25. The molecule has 32 heavy (non-hydrogen) atoms. The van der Waals surface area contributed by atoms with E-state index >= 15 is 0 Å². The predicted molar refractivity (Wildman–Crippen MR) is 125 cm³/mol. The second kappa shape index (κ2) is 9.54. The highest BCUT2D eigenvalue weighted by Gasteiger charge is 2.12. The molecule has 0 aliphatic rings. The smallest absolute Gasteiger partial charge is 0.265 e. The van der Waals surface area contributed by atoms with E-state index in [2.05, 4.69) is 10.4 Å². The number of thiophene rings is 1. The first-order valence-electron chi connectivity index (χ1n) is 9.93. The molecule has 164 valence electrons. The quantitative estimate of drug-likeness (QED) is 0.349. The lowest BCUT2D eigenvalue weighted by Gasteiger charge is -2.10. The van der Waals surface area contributed by atoms with Gasteiger partial charge in [0.1, 0.15) is 18.2 Å². The van der Waals surface area contributed by atoms with E-state index in [-0.39, 0.29) is 11.7 Å². The van der Waals surface area contributed by atoms with E-state index in [4.69, 9.17) is 16.3 Å². The van der Waals surface area contributed by atoms with Crippen LogP contribution in [0.3, 0.4) is 0 Å². The van der Waals surface area contributed by atoms with Gasteiger partial charge >= 0.3 is 0 Å². The van der Waals surface area contributed by atoms with Crippen LogP contribution in [0, 0.1) is 19.7 Å². The van der Waals surface area contributed by atoms with Crippen LogP contribution in [-0.2, 0) is 13.2 Å². The predicted octanol–water partition coefficient (Wildman–Crippen LogP) is 6.23. The molecule has 2 heterocycles. The van der Waals surface area contributed by atoms with Gasteiger partial charge in [-0.3, -0.25) is 9.48 Å². The number of para-hydroxylation sites is 1. The number of anilines is 1. The number of amides is 1. The second-order valence-electron chi connectivity index (χ2n) is 7.45. The van der Waals surface area contributed by atoms with E-state index < -0.39 is 0 Å². The fraction of sp³-hybridized carbons (Fsp3) is 0.167. The summed E-state index contributed by atoms with van der Waals surface area (Å²) in [5.74, 6) is 0.271. The first-order valence-corrected chi connectivity index (χ1v) is 11.2. The highest BCUT2D eigenvalue weighted by molar-refractivity contribution is 7.12. The molecule has 4 aromatic rings. The van der Waals surface area contributed by atoms with Crippen LogP contribution in [0.1, 0.15) is 31.9 Å². The minimum atomic E-state index is -0.387. The van der Waals surface area contributed by atoms with Crippen LogP contribution in [0.15, 0.2) is 60.2 Å². The molecule has 5 nitrogen and oxygen atoms in total. The van der Waals surface area contributed by atoms with E-state index in [0.717, 1.165) is 28.0 Å². The maximum absolute atomic E-state index is 13.2. The van der Waals surface area contributed by atoms with Gasteiger partial charge in [0, 0.05) is 16.8 Å². The van der Waals surface area contributed by atoms with Crippen molar-refractivity contribution in [1.82, 2.24) is 9.78 Å².